The quantitative estimate of drug-likeness (QED) is 0.890. The van der Waals surface area contributed by atoms with E-state index in [-0.39, 0.29) is 6.09 Å². The van der Waals surface area contributed by atoms with E-state index in [0.29, 0.717) is 6.54 Å². The molecule has 4 heteroatoms. The van der Waals surface area contributed by atoms with Gasteiger partial charge in [0.25, 0.3) is 0 Å². The van der Waals surface area contributed by atoms with E-state index in [4.69, 9.17) is 4.74 Å². The number of fused-ring (bicyclic) bond motifs is 1. The molecule has 1 aliphatic rings. The van der Waals surface area contributed by atoms with E-state index in [0.717, 1.165) is 18.5 Å². The van der Waals surface area contributed by atoms with Gasteiger partial charge in [-0.1, -0.05) is 18.2 Å². The predicted octanol–water partition coefficient (Wildman–Crippen LogP) is 3.19. The van der Waals surface area contributed by atoms with Crippen LogP contribution in [0.5, 0.6) is 0 Å². The summed E-state index contributed by atoms with van der Waals surface area (Å²) in [4.78, 5) is 11.4. The first kappa shape index (κ1) is 14.4. The van der Waals surface area contributed by atoms with Crippen LogP contribution in [0.1, 0.15) is 31.9 Å². The Bertz CT molecular complexity index is 516. The Labute approximate surface area is 120 Å². The highest BCUT2D eigenvalue weighted by Gasteiger charge is 2.15. The Kier molecular flexibility index (Phi) is 4.32. The molecular weight excluding hydrogens is 252 g/mol. The highest BCUT2D eigenvalue weighted by molar-refractivity contribution is 5.68. The standard InChI is InChI=1S/C16H22N2O2/c1-16(2,3)20-15(19)18-9-4-5-12-6-7-14-13(11-12)8-10-17-14/h4-7,11,17H,8-10H2,1-3H3,(H,18,19). The van der Waals surface area contributed by atoms with E-state index in [1.54, 1.807) is 0 Å². The summed E-state index contributed by atoms with van der Waals surface area (Å²) in [6.07, 6.45) is 4.62. The fourth-order valence-electron chi connectivity index (χ4n) is 2.08. The number of carbonyl (C=O) groups is 1. The molecule has 1 aromatic rings. The van der Waals surface area contributed by atoms with Crippen molar-refractivity contribution in [3.63, 3.8) is 0 Å². The Morgan fingerprint density at radius 2 is 2.25 bits per heavy atom. The van der Waals surface area contributed by atoms with Crippen molar-refractivity contribution in [1.29, 1.82) is 0 Å². The molecule has 0 saturated carbocycles. The van der Waals surface area contributed by atoms with Gasteiger partial charge < -0.3 is 15.4 Å². The van der Waals surface area contributed by atoms with Crippen molar-refractivity contribution < 1.29 is 9.53 Å². The van der Waals surface area contributed by atoms with Crippen molar-refractivity contribution >= 4 is 17.9 Å². The summed E-state index contributed by atoms with van der Waals surface area (Å²) in [7, 11) is 0. The number of carbonyl (C=O) groups excluding carboxylic acids is 1. The molecule has 0 spiro atoms. The van der Waals surface area contributed by atoms with Crippen molar-refractivity contribution in [2.24, 2.45) is 0 Å². The third-order valence-electron chi connectivity index (χ3n) is 2.91. The Balaban J connectivity index is 1.81. The molecule has 0 aromatic heterocycles. The van der Waals surface area contributed by atoms with Gasteiger partial charge in [0.15, 0.2) is 0 Å². The molecule has 0 fully saturated rings. The summed E-state index contributed by atoms with van der Waals surface area (Å²) in [6, 6.07) is 6.35. The molecule has 0 saturated heterocycles. The lowest BCUT2D eigenvalue weighted by Gasteiger charge is -2.19. The third kappa shape index (κ3) is 4.30. The summed E-state index contributed by atoms with van der Waals surface area (Å²) >= 11 is 0. The second-order valence-corrected chi connectivity index (χ2v) is 5.88. The Hall–Kier alpha value is -1.97. The van der Waals surface area contributed by atoms with Gasteiger partial charge in [-0.3, -0.25) is 0 Å². The van der Waals surface area contributed by atoms with E-state index < -0.39 is 5.60 Å². The van der Waals surface area contributed by atoms with Gasteiger partial charge in [-0.15, -0.1) is 0 Å². The van der Waals surface area contributed by atoms with Crippen LogP contribution in [0.15, 0.2) is 24.3 Å². The molecule has 2 N–H and O–H groups in total. The summed E-state index contributed by atoms with van der Waals surface area (Å²) in [5.74, 6) is 0. The van der Waals surface area contributed by atoms with Crippen molar-refractivity contribution in [1.82, 2.24) is 5.32 Å². The number of anilines is 1. The van der Waals surface area contributed by atoms with Crippen LogP contribution < -0.4 is 10.6 Å². The first-order valence-corrected chi connectivity index (χ1v) is 6.94. The lowest BCUT2D eigenvalue weighted by molar-refractivity contribution is 0.0534. The number of hydrogen-bond donors (Lipinski definition) is 2. The molecular formula is C16H22N2O2. The number of alkyl carbamates (subject to hydrolysis) is 1. The smallest absolute Gasteiger partial charge is 0.407 e. The van der Waals surface area contributed by atoms with E-state index in [2.05, 4.69) is 28.8 Å². The molecule has 0 aliphatic carbocycles. The van der Waals surface area contributed by atoms with Crippen LogP contribution in [0, 0.1) is 0 Å². The number of nitrogens with one attached hydrogen (secondary N) is 2. The maximum Gasteiger partial charge on any atom is 0.407 e. The van der Waals surface area contributed by atoms with Crippen molar-refractivity contribution in [3.05, 3.63) is 35.4 Å². The summed E-state index contributed by atoms with van der Waals surface area (Å²) in [6.45, 7) is 7.02. The molecule has 0 unspecified atom stereocenters. The normalized spacial score (nSPS) is 13.9. The predicted molar refractivity (Wildman–Crippen MR) is 81.9 cm³/mol. The molecule has 0 bridgehead atoms. The molecule has 2 rings (SSSR count). The third-order valence-corrected chi connectivity index (χ3v) is 2.91. The highest BCUT2D eigenvalue weighted by atomic mass is 16.6. The summed E-state index contributed by atoms with van der Waals surface area (Å²) < 4.78 is 5.16. The van der Waals surface area contributed by atoms with Gasteiger partial charge in [-0.2, -0.15) is 0 Å². The topological polar surface area (TPSA) is 50.4 Å². The minimum Gasteiger partial charge on any atom is -0.444 e. The van der Waals surface area contributed by atoms with Gasteiger partial charge in [0, 0.05) is 18.8 Å². The average molecular weight is 274 g/mol. The van der Waals surface area contributed by atoms with Gasteiger partial charge >= 0.3 is 6.09 Å². The molecule has 0 atom stereocenters. The van der Waals surface area contributed by atoms with Crippen LogP contribution in [-0.4, -0.2) is 24.8 Å². The molecule has 1 aromatic carbocycles. The van der Waals surface area contributed by atoms with Gasteiger partial charge in [0.1, 0.15) is 5.60 Å². The van der Waals surface area contributed by atoms with Crippen LogP contribution in [0.4, 0.5) is 10.5 Å². The zero-order valence-electron chi connectivity index (χ0n) is 12.3. The first-order valence-electron chi connectivity index (χ1n) is 6.94. The molecule has 20 heavy (non-hydrogen) atoms. The van der Waals surface area contributed by atoms with Crippen LogP contribution in [-0.2, 0) is 11.2 Å². The summed E-state index contributed by atoms with van der Waals surface area (Å²) in [5.41, 5.74) is 3.28. The van der Waals surface area contributed by atoms with Crippen LogP contribution >= 0.6 is 0 Å². The maximum atomic E-state index is 11.4. The highest BCUT2D eigenvalue weighted by Crippen LogP contribution is 2.23. The zero-order chi connectivity index (χ0) is 14.6. The van der Waals surface area contributed by atoms with E-state index >= 15 is 0 Å². The van der Waals surface area contributed by atoms with E-state index in [9.17, 15) is 4.79 Å². The monoisotopic (exact) mass is 274 g/mol. The number of hydrogen-bond acceptors (Lipinski definition) is 3. The van der Waals surface area contributed by atoms with Gasteiger partial charge in [0.2, 0.25) is 0 Å². The lowest BCUT2D eigenvalue weighted by atomic mass is 10.1. The second-order valence-electron chi connectivity index (χ2n) is 5.88. The SMILES string of the molecule is CC(C)(C)OC(=O)NCC=Cc1ccc2c(c1)CCN2. The fraction of sp³-hybridized carbons (Fsp3) is 0.438. The van der Waals surface area contributed by atoms with Crippen molar-refractivity contribution in [3.8, 4) is 0 Å². The Morgan fingerprint density at radius 1 is 1.45 bits per heavy atom. The largest absolute Gasteiger partial charge is 0.444 e. The van der Waals surface area contributed by atoms with Crippen LogP contribution in [0.2, 0.25) is 0 Å². The maximum absolute atomic E-state index is 11.4. The zero-order valence-corrected chi connectivity index (χ0v) is 12.3. The molecule has 1 heterocycles. The van der Waals surface area contributed by atoms with Crippen LogP contribution in [0.3, 0.4) is 0 Å². The number of amides is 1. The summed E-state index contributed by atoms with van der Waals surface area (Å²) in [5, 5.41) is 6.04. The van der Waals surface area contributed by atoms with Crippen molar-refractivity contribution in [2.75, 3.05) is 18.4 Å². The van der Waals surface area contributed by atoms with Gasteiger partial charge in [0.05, 0.1) is 0 Å². The Morgan fingerprint density at radius 3 is 3.00 bits per heavy atom. The lowest BCUT2D eigenvalue weighted by Crippen LogP contribution is -2.32. The number of rotatable bonds is 3. The fourth-order valence-corrected chi connectivity index (χ4v) is 2.08. The van der Waals surface area contributed by atoms with Crippen molar-refractivity contribution in [2.45, 2.75) is 32.8 Å². The molecule has 1 aliphatic heterocycles. The number of ether oxygens (including phenoxy) is 1. The average Bonchev–Trinajstić information content (AvgIpc) is 2.79. The minimum absolute atomic E-state index is 0.389. The van der Waals surface area contributed by atoms with E-state index in [1.165, 1.54) is 11.3 Å². The molecule has 0 radical (unpaired) electrons. The molecule has 108 valence electrons. The minimum atomic E-state index is -0.458. The first-order chi connectivity index (χ1) is 9.44. The molecule has 4 nitrogen and oxygen atoms in total. The molecule has 1 amide bonds. The van der Waals surface area contributed by atoms with Gasteiger partial charge in [-0.25, -0.2) is 4.79 Å². The van der Waals surface area contributed by atoms with Gasteiger partial charge in [-0.05, 0) is 50.5 Å². The van der Waals surface area contributed by atoms with E-state index in [1.807, 2.05) is 32.9 Å². The van der Waals surface area contributed by atoms with Crippen LogP contribution in [0.25, 0.3) is 6.08 Å². The number of benzene rings is 1. The second kappa shape index (κ2) is 5.99.